The number of amides is 2. The number of halogens is 1. The molecule has 1 aromatic heterocycles. The molecule has 0 bridgehead atoms. The van der Waals surface area contributed by atoms with Gasteiger partial charge in [-0.15, -0.1) is 4.99 Å². The summed E-state index contributed by atoms with van der Waals surface area (Å²) >= 11 is 0. The summed E-state index contributed by atoms with van der Waals surface area (Å²) in [5.74, 6) is -0.0711. The summed E-state index contributed by atoms with van der Waals surface area (Å²) in [6.45, 7) is 6.07. The highest BCUT2D eigenvalue weighted by Gasteiger charge is 2.15. The molecule has 2 N–H and O–H groups in total. The van der Waals surface area contributed by atoms with Crippen molar-refractivity contribution < 1.29 is 23.8 Å². The van der Waals surface area contributed by atoms with Crippen molar-refractivity contribution in [1.82, 2.24) is 14.5 Å². The highest BCUT2D eigenvalue weighted by atomic mass is 19.1. The van der Waals surface area contributed by atoms with Gasteiger partial charge in [0.05, 0.1) is 19.2 Å². The van der Waals surface area contributed by atoms with Crippen LogP contribution in [0.1, 0.15) is 46.9 Å². The molecule has 0 spiro atoms. The average Bonchev–Trinajstić information content (AvgIpc) is 3.08. The maximum absolute atomic E-state index is 13.6. The second-order valence-electron chi connectivity index (χ2n) is 7.73. The fourth-order valence-corrected chi connectivity index (χ4v) is 3.50. The number of aromatic nitrogens is 2. The first-order valence-electron chi connectivity index (χ1n) is 10.5. The lowest BCUT2D eigenvalue weighted by atomic mass is 10.0. The number of nitrogens with one attached hydrogen (secondary N) is 1. The van der Waals surface area contributed by atoms with Crippen LogP contribution in [0.5, 0.6) is 5.75 Å². The van der Waals surface area contributed by atoms with Crippen LogP contribution in [0.15, 0.2) is 53.8 Å². The van der Waals surface area contributed by atoms with Gasteiger partial charge in [0, 0.05) is 25.0 Å². The second kappa shape index (κ2) is 10.2. The number of carbonyl (C=O) groups excluding carboxylic acids is 1. The largest absolute Gasteiger partial charge is 0.494 e. The van der Waals surface area contributed by atoms with Crippen LogP contribution in [-0.2, 0) is 13.6 Å². The van der Waals surface area contributed by atoms with Crippen LogP contribution in [0.25, 0.3) is 0 Å². The smallest absolute Gasteiger partial charge is 0.434 e. The molecule has 0 aliphatic carbocycles. The van der Waals surface area contributed by atoms with Crippen molar-refractivity contribution in [1.29, 1.82) is 0 Å². The molecule has 33 heavy (non-hydrogen) atoms. The zero-order valence-corrected chi connectivity index (χ0v) is 19.0. The zero-order chi connectivity index (χ0) is 24.1. The molecule has 0 aliphatic rings. The summed E-state index contributed by atoms with van der Waals surface area (Å²) in [5.41, 5.74) is 2.71. The molecule has 174 valence electrons. The Labute approximate surface area is 191 Å². The van der Waals surface area contributed by atoms with E-state index in [0.717, 1.165) is 11.1 Å². The average molecular weight is 455 g/mol. The Kier molecular flexibility index (Phi) is 7.32. The van der Waals surface area contributed by atoms with Crippen molar-refractivity contribution >= 4 is 12.0 Å². The van der Waals surface area contributed by atoms with Crippen LogP contribution in [0, 0.1) is 12.7 Å². The number of carbonyl (C=O) groups is 2. The molecule has 0 aliphatic heterocycles. The normalized spacial score (nSPS) is 12.5. The molecule has 3 rings (SSSR count). The van der Waals surface area contributed by atoms with Crippen LogP contribution >= 0.6 is 0 Å². The van der Waals surface area contributed by atoms with E-state index in [9.17, 15) is 14.0 Å². The number of carboxylic acid groups (broad SMARTS) is 1. The van der Waals surface area contributed by atoms with Gasteiger partial charge in [0.25, 0.3) is 5.91 Å². The Hall–Kier alpha value is -3.88. The van der Waals surface area contributed by atoms with E-state index in [2.05, 4.69) is 10.3 Å². The number of nitrogens with zero attached hydrogens (tertiary/aromatic N) is 3. The number of rotatable bonds is 7. The molecule has 2 aromatic carbocycles. The van der Waals surface area contributed by atoms with Crippen LogP contribution in [0.2, 0.25) is 0 Å². The Morgan fingerprint density at radius 1 is 1.21 bits per heavy atom. The summed E-state index contributed by atoms with van der Waals surface area (Å²) in [7, 11) is 1.70. The summed E-state index contributed by atoms with van der Waals surface area (Å²) in [5, 5.41) is 12.0. The molecule has 0 saturated carbocycles. The number of hydrogen-bond acceptors (Lipinski definition) is 3. The van der Waals surface area contributed by atoms with Gasteiger partial charge in [-0.25, -0.2) is 9.18 Å². The first-order valence-corrected chi connectivity index (χ1v) is 10.5. The Morgan fingerprint density at radius 2 is 1.97 bits per heavy atom. The minimum Gasteiger partial charge on any atom is -0.494 e. The van der Waals surface area contributed by atoms with E-state index in [-0.39, 0.29) is 23.4 Å². The first-order chi connectivity index (χ1) is 15.7. The van der Waals surface area contributed by atoms with E-state index in [1.807, 2.05) is 13.8 Å². The molecule has 0 fully saturated rings. The fraction of sp³-hybridized carbons (Fsp3) is 0.292. The third-order valence-corrected chi connectivity index (χ3v) is 5.16. The van der Waals surface area contributed by atoms with E-state index in [1.165, 1.54) is 6.07 Å². The van der Waals surface area contributed by atoms with Gasteiger partial charge in [0.15, 0.2) is 0 Å². The van der Waals surface area contributed by atoms with Crippen molar-refractivity contribution in [3.05, 3.63) is 82.5 Å². The second-order valence-corrected chi connectivity index (χ2v) is 7.73. The molecule has 9 heteroatoms. The maximum atomic E-state index is 13.6. The van der Waals surface area contributed by atoms with Crippen LogP contribution in [0.3, 0.4) is 0 Å². The lowest BCUT2D eigenvalue weighted by molar-refractivity contribution is 0.0939. The molecule has 0 unspecified atom stereocenters. The van der Waals surface area contributed by atoms with E-state index < -0.39 is 6.09 Å². The van der Waals surface area contributed by atoms with Gasteiger partial charge in [-0.1, -0.05) is 12.1 Å². The molecular formula is C24H27FN4O4. The van der Waals surface area contributed by atoms with Gasteiger partial charge >= 0.3 is 6.09 Å². The third kappa shape index (κ3) is 5.88. The standard InChI is InChI=1S/C24H27FN4O4/c1-5-33-20-12-17(14-29-9-8-28(4)23(29)27-24(31)32)11-19(13-20)22(30)26-16(3)18-6-7-21(25)15(2)10-18/h6-13,16H,5,14H2,1-4H3,(H,26,30)(H,31,32)/b27-23+/t16-/m0/s1. The van der Waals surface area contributed by atoms with Crippen molar-refractivity contribution in [2.75, 3.05) is 6.61 Å². The van der Waals surface area contributed by atoms with Crippen molar-refractivity contribution in [2.45, 2.75) is 33.4 Å². The summed E-state index contributed by atoms with van der Waals surface area (Å²) < 4.78 is 22.5. The summed E-state index contributed by atoms with van der Waals surface area (Å²) in [6.07, 6.45) is 2.13. The number of benzene rings is 2. The maximum Gasteiger partial charge on any atom is 0.434 e. The summed E-state index contributed by atoms with van der Waals surface area (Å²) in [6, 6.07) is 9.60. The van der Waals surface area contributed by atoms with Crippen LogP contribution < -0.4 is 15.7 Å². The molecule has 0 saturated heterocycles. The number of hydrogen-bond donors (Lipinski definition) is 2. The Bertz CT molecular complexity index is 1250. The zero-order valence-electron chi connectivity index (χ0n) is 19.0. The van der Waals surface area contributed by atoms with Gasteiger partial charge < -0.3 is 24.3 Å². The fourth-order valence-electron chi connectivity index (χ4n) is 3.50. The number of imidazole rings is 1. The first kappa shape index (κ1) is 23.8. The molecule has 1 atom stereocenters. The topological polar surface area (TPSA) is 97.8 Å². The Balaban J connectivity index is 1.89. The van der Waals surface area contributed by atoms with Gasteiger partial charge in [-0.2, -0.15) is 0 Å². The molecule has 2 amide bonds. The van der Waals surface area contributed by atoms with Crippen LogP contribution in [-0.4, -0.2) is 32.8 Å². The molecule has 1 heterocycles. The minimum absolute atomic E-state index is 0.260. The van der Waals surface area contributed by atoms with E-state index in [4.69, 9.17) is 9.84 Å². The number of aryl methyl sites for hydroxylation is 2. The van der Waals surface area contributed by atoms with Crippen molar-refractivity contribution in [2.24, 2.45) is 12.0 Å². The SMILES string of the molecule is CCOc1cc(Cn2ccn(C)/c2=N\C(=O)O)cc(C(=O)N[C@@H](C)c2ccc(F)c(C)c2)c1. The monoisotopic (exact) mass is 454 g/mol. The molecule has 0 radical (unpaired) electrons. The lowest BCUT2D eigenvalue weighted by Gasteiger charge is -2.16. The van der Waals surface area contributed by atoms with Crippen molar-refractivity contribution in [3.8, 4) is 5.75 Å². The molecule has 8 nitrogen and oxygen atoms in total. The van der Waals surface area contributed by atoms with Crippen LogP contribution in [0.4, 0.5) is 9.18 Å². The van der Waals surface area contributed by atoms with Gasteiger partial charge in [0.2, 0.25) is 5.62 Å². The highest BCUT2D eigenvalue weighted by molar-refractivity contribution is 5.95. The van der Waals surface area contributed by atoms with Gasteiger partial charge in [-0.3, -0.25) is 4.79 Å². The van der Waals surface area contributed by atoms with E-state index >= 15 is 0 Å². The lowest BCUT2D eigenvalue weighted by Crippen LogP contribution is -2.27. The summed E-state index contributed by atoms with van der Waals surface area (Å²) in [4.78, 5) is 27.7. The van der Waals surface area contributed by atoms with Gasteiger partial charge in [0.1, 0.15) is 11.6 Å². The van der Waals surface area contributed by atoms with E-state index in [0.29, 0.717) is 30.0 Å². The molecular weight excluding hydrogens is 427 g/mol. The number of ether oxygens (including phenoxy) is 1. The minimum atomic E-state index is -1.29. The highest BCUT2D eigenvalue weighted by Crippen LogP contribution is 2.21. The predicted molar refractivity (Wildman–Crippen MR) is 121 cm³/mol. The van der Waals surface area contributed by atoms with Crippen molar-refractivity contribution in [3.63, 3.8) is 0 Å². The van der Waals surface area contributed by atoms with E-state index in [1.54, 1.807) is 65.8 Å². The van der Waals surface area contributed by atoms with Gasteiger partial charge in [-0.05, 0) is 61.7 Å². The molecule has 3 aromatic rings. The Morgan fingerprint density at radius 3 is 2.64 bits per heavy atom. The quantitative estimate of drug-likeness (QED) is 0.568. The third-order valence-electron chi connectivity index (χ3n) is 5.16. The predicted octanol–water partition coefficient (Wildman–Crippen LogP) is 3.79.